The number of methoxy groups -OCH3 is 1. The van der Waals surface area contributed by atoms with Crippen LogP contribution < -0.4 is 10.1 Å². The van der Waals surface area contributed by atoms with Crippen LogP contribution in [-0.2, 0) is 6.54 Å². The minimum atomic E-state index is 0.737. The topological polar surface area (TPSA) is 37.4 Å². The molecular weight excluding hydrogens is 238 g/mol. The molecule has 4 heteroatoms. The number of ether oxygens (including phenoxy) is 1. The van der Waals surface area contributed by atoms with Crippen molar-refractivity contribution in [3.05, 3.63) is 23.9 Å². The highest BCUT2D eigenvalue weighted by atomic mass is 16.5. The van der Waals surface area contributed by atoms with Gasteiger partial charge in [0.15, 0.2) is 0 Å². The quantitative estimate of drug-likeness (QED) is 0.845. The third-order valence-corrected chi connectivity index (χ3v) is 4.17. The summed E-state index contributed by atoms with van der Waals surface area (Å²) < 4.78 is 5.27. The van der Waals surface area contributed by atoms with Crippen molar-refractivity contribution in [1.82, 2.24) is 15.2 Å². The maximum Gasteiger partial charge on any atom is 0.217 e. The van der Waals surface area contributed by atoms with Crippen LogP contribution in [0.4, 0.5) is 0 Å². The third-order valence-electron chi connectivity index (χ3n) is 4.17. The van der Waals surface area contributed by atoms with Gasteiger partial charge in [0.2, 0.25) is 5.88 Å². The van der Waals surface area contributed by atoms with Gasteiger partial charge in [-0.15, -0.1) is 0 Å². The normalized spacial score (nSPS) is 23.7. The van der Waals surface area contributed by atoms with Gasteiger partial charge in [-0.1, -0.05) is 6.07 Å². The molecule has 0 spiro atoms. The summed E-state index contributed by atoms with van der Waals surface area (Å²) in [5.41, 5.74) is 1.14. The number of rotatable bonds is 6. The summed E-state index contributed by atoms with van der Waals surface area (Å²) in [6.45, 7) is 4.52. The fraction of sp³-hybridized carbons (Fsp3) is 0.667. The lowest BCUT2D eigenvalue weighted by Gasteiger charge is -2.15. The van der Waals surface area contributed by atoms with Crippen LogP contribution in [0.3, 0.4) is 0 Å². The Morgan fingerprint density at radius 3 is 3.11 bits per heavy atom. The zero-order valence-corrected chi connectivity index (χ0v) is 11.6. The molecule has 1 aromatic heterocycles. The number of hydrogen-bond donors (Lipinski definition) is 1. The standard InChI is InChI=1S/C15H23N3O/c1-19-15-13(3-2-7-17-15)10-16-9-12-6-8-18(11-12)14-4-5-14/h2-3,7,12,14,16H,4-6,8-11H2,1H3. The number of nitrogens with one attached hydrogen (secondary N) is 1. The molecule has 0 amide bonds. The maximum absolute atomic E-state index is 5.27. The molecule has 0 bridgehead atoms. The molecule has 4 nitrogen and oxygen atoms in total. The summed E-state index contributed by atoms with van der Waals surface area (Å²) in [5.74, 6) is 1.55. The van der Waals surface area contributed by atoms with Crippen LogP contribution in [0.15, 0.2) is 18.3 Å². The zero-order valence-electron chi connectivity index (χ0n) is 11.6. The van der Waals surface area contributed by atoms with Crippen LogP contribution in [0.5, 0.6) is 5.88 Å². The molecule has 2 aliphatic rings. The number of aromatic nitrogens is 1. The fourth-order valence-corrected chi connectivity index (χ4v) is 2.95. The van der Waals surface area contributed by atoms with Gasteiger partial charge in [0.1, 0.15) is 0 Å². The average molecular weight is 261 g/mol. The Bertz CT molecular complexity index is 420. The molecular formula is C15H23N3O. The number of nitrogens with zero attached hydrogens (tertiary/aromatic N) is 2. The molecule has 0 radical (unpaired) electrons. The van der Waals surface area contributed by atoms with Crippen molar-refractivity contribution in [3.8, 4) is 5.88 Å². The highest BCUT2D eigenvalue weighted by Gasteiger charge is 2.33. The first-order valence-corrected chi connectivity index (χ1v) is 7.29. The SMILES string of the molecule is COc1ncccc1CNCC1CCN(C2CC2)C1. The van der Waals surface area contributed by atoms with E-state index in [9.17, 15) is 0 Å². The highest BCUT2D eigenvalue weighted by molar-refractivity contribution is 5.24. The largest absolute Gasteiger partial charge is 0.481 e. The molecule has 1 N–H and O–H groups in total. The molecule has 1 aliphatic heterocycles. The molecule has 2 fully saturated rings. The number of hydrogen-bond acceptors (Lipinski definition) is 4. The Labute approximate surface area is 115 Å². The van der Waals surface area contributed by atoms with Crippen LogP contribution in [0.1, 0.15) is 24.8 Å². The van der Waals surface area contributed by atoms with Crippen LogP contribution >= 0.6 is 0 Å². The van der Waals surface area contributed by atoms with Gasteiger partial charge in [-0.2, -0.15) is 0 Å². The van der Waals surface area contributed by atoms with E-state index in [1.165, 1.54) is 32.4 Å². The van der Waals surface area contributed by atoms with E-state index in [2.05, 4.69) is 21.3 Å². The van der Waals surface area contributed by atoms with Gasteiger partial charge >= 0.3 is 0 Å². The Kier molecular flexibility index (Phi) is 3.99. The number of likely N-dealkylation sites (tertiary alicyclic amines) is 1. The molecule has 1 aromatic rings. The molecule has 1 saturated heterocycles. The molecule has 1 saturated carbocycles. The van der Waals surface area contributed by atoms with Crippen molar-refractivity contribution >= 4 is 0 Å². The second kappa shape index (κ2) is 5.88. The van der Waals surface area contributed by atoms with Crippen LogP contribution in [0.2, 0.25) is 0 Å². The van der Waals surface area contributed by atoms with E-state index in [1.807, 2.05) is 6.07 Å². The first kappa shape index (κ1) is 12.9. The van der Waals surface area contributed by atoms with Crippen molar-refractivity contribution < 1.29 is 4.74 Å². The second-order valence-electron chi connectivity index (χ2n) is 5.68. The van der Waals surface area contributed by atoms with E-state index in [-0.39, 0.29) is 0 Å². The van der Waals surface area contributed by atoms with Gasteiger partial charge in [0.05, 0.1) is 7.11 Å². The van der Waals surface area contributed by atoms with Gasteiger partial charge in [0, 0.05) is 30.9 Å². The fourth-order valence-electron chi connectivity index (χ4n) is 2.95. The van der Waals surface area contributed by atoms with Gasteiger partial charge in [-0.25, -0.2) is 4.98 Å². The predicted octanol–water partition coefficient (Wildman–Crippen LogP) is 1.66. The Morgan fingerprint density at radius 1 is 1.42 bits per heavy atom. The summed E-state index contributed by atoms with van der Waals surface area (Å²) in [7, 11) is 1.68. The molecule has 2 heterocycles. The molecule has 3 rings (SSSR count). The highest BCUT2D eigenvalue weighted by Crippen LogP contribution is 2.31. The minimum absolute atomic E-state index is 0.737. The van der Waals surface area contributed by atoms with Crippen molar-refractivity contribution in [2.45, 2.75) is 31.8 Å². The summed E-state index contributed by atoms with van der Waals surface area (Å²) >= 11 is 0. The van der Waals surface area contributed by atoms with Gasteiger partial charge < -0.3 is 15.0 Å². The first-order valence-electron chi connectivity index (χ1n) is 7.29. The zero-order chi connectivity index (χ0) is 13.1. The monoisotopic (exact) mass is 261 g/mol. The summed E-state index contributed by atoms with van der Waals surface area (Å²) in [5, 5.41) is 3.55. The Morgan fingerprint density at radius 2 is 2.32 bits per heavy atom. The summed E-state index contributed by atoms with van der Waals surface area (Å²) in [6, 6.07) is 4.96. The predicted molar refractivity (Wildman–Crippen MR) is 75.2 cm³/mol. The number of pyridine rings is 1. The second-order valence-corrected chi connectivity index (χ2v) is 5.68. The van der Waals surface area contributed by atoms with E-state index >= 15 is 0 Å². The summed E-state index contributed by atoms with van der Waals surface area (Å²) in [6.07, 6.45) is 5.96. The van der Waals surface area contributed by atoms with Gasteiger partial charge in [-0.05, 0) is 44.3 Å². The molecule has 1 aliphatic carbocycles. The van der Waals surface area contributed by atoms with Gasteiger partial charge in [0.25, 0.3) is 0 Å². The minimum Gasteiger partial charge on any atom is -0.481 e. The third kappa shape index (κ3) is 3.25. The molecule has 1 atom stereocenters. The van der Waals surface area contributed by atoms with Gasteiger partial charge in [-0.3, -0.25) is 0 Å². The maximum atomic E-state index is 5.27. The van der Waals surface area contributed by atoms with E-state index in [0.717, 1.165) is 36.5 Å². The lowest BCUT2D eigenvalue weighted by atomic mass is 10.1. The van der Waals surface area contributed by atoms with E-state index in [1.54, 1.807) is 13.3 Å². The van der Waals surface area contributed by atoms with E-state index < -0.39 is 0 Å². The van der Waals surface area contributed by atoms with Crippen molar-refractivity contribution in [2.24, 2.45) is 5.92 Å². The Hall–Kier alpha value is -1.13. The molecule has 1 unspecified atom stereocenters. The van der Waals surface area contributed by atoms with E-state index in [4.69, 9.17) is 4.74 Å². The van der Waals surface area contributed by atoms with Crippen molar-refractivity contribution in [1.29, 1.82) is 0 Å². The first-order chi connectivity index (χ1) is 9.36. The Balaban J connectivity index is 1.43. The van der Waals surface area contributed by atoms with Crippen LogP contribution in [0.25, 0.3) is 0 Å². The van der Waals surface area contributed by atoms with Crippen LogP contribution in [-0.4, -0.2) is 42.7 Å². The lowest BCUT2D eigenvalue weighted by Crippen LogP contribution is -2.27. The smallest absolute Gasteiger partial charge is 0.217 e. The molecule has 0 aromatic carbocycles. The average Bonchev–Trinajstić information content (AvgIpc) is 3.19. The summed E-state index contributed by atoms with van der Waals surface area (Å²) in [4.78, 5) is 6.88. The lowest BCUT2D eigenvalue weighted by molar-refractivity contribution is 0.311. The molecule has 19 heavy (non-hydrogen) atoms. The van der Waals surface area contributed by atoms with Crippen molar-refractivity contribution in [2.75, 3.05) is 26.7 Å². The van der Waals surface area contributed by atoms with Crippen LogP contribution in [0, 0.1) is 5.92 Å². The molecule has 104 valence electrons. The van der Waals surface area contributed by atoms with Crippen molar-refractivity contribution in [3.63, 3.8) is 0 Å². The van der Waals surface area contributed by atoms with E-state index in [0.29, 0.717) is 0 Å².